The van der Waals surface area contributed by atoms with Crippen LogP contribution in [0.5, 0.6) is 0 Å². The van der Waals surface area contributed by atoms with Gasteiger partial charge in [-0.15, -0.1) is 0 Å². The number of rotatable bonds is 6. The number of halogens is 3. The molecule has 1 heterocycles. The molecule has 1 fully saturated rings. The minimum absolute atomic E-state index is 0.152. The Labute approximate surface area is 197 Å². The van der Waals surface area contributed by atoms with Gasteiger partial charge in [-0.25, -0.2) is 13.2 Å². The van der Waals surface area contributed by atoms with Crippen molar-refractivity contribution >= 4 is 0 Å². The molecule has 34 heavy (non-hydrogen) atoms. The third-order valence-corrected chi connectivity index (χ3v) is 6.45. The molecule has 172 valence electrons. The largest absolute Gasteiger partial charge is 0.292 e. The molecule has 0 amide bonds. The quantitative estimate of drug-likeness (QED) is 0.437. The lowest BCUT2D eigenvalue weighted by molar-refractivity contribution is 0.00804. The van der Waals surface area contributed by atoms with Crippen molar-refractivity contribution < 1.29 is 13.2 Å². The van der Waals surface area contributed by atoms with E-state index < -0.39 is 23.2 Å². The van der Waals surface area contributed by atoms with Crippen LogP contribution >= 0.6 is 0 Å². The monoisotopic (exact) mass is 459 g/mol. The first-order valence-corrected chi connectivity index (χ1v) is 11.1. The molecule has 0 saturated carbocycles. The first-order valence-electron chi connectivity index (χ1n) is 11.1. The van der Waals surface area contributed by atoms with Gasteiger partial charge in [-0.1, -0.05) is 24.3 Å². The Hall–Kier alpha value is -3.61. The van der Waals surface area contributed by atoms with Gasteiger partial charge in [0.05, 0.1) is 29.3 Å². The second kappa shape index (κ2) is 9.33. The summed E-state index contributed by atoms with van der Waals surface area (Å²) in [5, 5.41) is 18.5. The first-order chi connectivity index (χ1) is 16.2. The molecule has 0 bridgehead atoms. The topological polar surface area (TPSA) is 50.8 Å². The van der Waals surface area contributed by atoms with Crippen molar-refractivity contribution in [3.8, 4) is 12.1 Å². The van der Waals surface area contributed by atoms with Gasteiger partial charge in [0.2, 0.25) is 0 Å². The summed E-state index contributed by atoms with van der Waals surface area (Å²) in [6.45, 7) is 3.91. The Morgan fingerprint density at radius 3 is 2.00 bits per heavy atom. The van der Waals surface area contributed by atoms with Crippen molar-refractivity contribution in [3.05, 3.63) is 106 Å². The van der Waals surface area contributed by atoms with Crippen molar-refractivity contribution in [3.63, 3.8) is 0 Å². The SMILES string of the molecule is CC(C)(F)C(c1cc(F)cc(F)c1)C1CN(C(c2ccc(C#N)cc2)c2cccc(C#N)c2)C1. The van der Waals surface area contributed by atoms with Crippen LogP contribution in [-0.2, 0) is 0 Å². The van der Waals surface area contributed by atoms with Crippen molar-refractivity contribution in [2.75, 3.05) is 13.1 Å². The fourth-order valence-electron chi connectivity index (χ4n) is 5.09. The van der Waals surface area contributed by atoms with Gasteiger partial charge in [-0.3, -0.25) is 4.90 Å². The van der Waals surface area contributed by atoms with E-state index in [0.717, 1.165) is 17.2 Å². The maximum atomic E-state index is 15.3. The third-order valence-electron chi connectivity index (χ3n) is 6.45. The maximum absolute atomic E-state index is 15.3. The summed E-state index contributed by atoms with van der Waals surface area (Å²) in [5.74, 6) is -2.27. The molecule has 4 rings (SSSR count). The van der Waals surface area contributed by atoms with E-state index in [1.165, 1.54) is 26.0 Å². The van der Waals surface area contributed by atoms with Crippen molar-refractivity contribution in [1.82, 2.24) is 4.90 Å². The van der Waals surface area contributed by atoms with Crippen molar-refractivity contribution in [1.29, 1.82) is 10.5 Å². The molecule has 3 aromatic carbocycles. The van der Waals surface area contributed by atoms with Crippen LogP contribution in [0.25, 0.3) is 0 Å². The van der Waals surface area contributed by atoms with E-state index in [-0.39, 0.29) is 12.0 Å². The van der Waals surface area contributed by atoms with E-state index in [2.05, 4.69) is 17.0 Å². The zero-order chi connectivity index (χ0) is 24.5. The molecule has 1 saturated heterocycles. The van der Waals surface area contributed by atoms with E-state index in [1.807, 2.05) is 30.3 Å². The van der Waals surface area contributed by atoms with E-state index >= 15 is 4.39 Å². The van der Waals surface area contributed by atoms with Crippen LogP contribution in [0.3, 0.4) is 0 Å². The van der Waals surface area contributed by atoms with Crippen LogP contribution in [0.15, 0.2) is 66.7 Å². The maximum Gasteiger partial charge on any atom is 0.126 e. The summed E-state index contributed by atoms with van der Waals surface area (Å²) in [6, 6.07) is 21.9. The summed E-state index contributed by atoms with van der Waals surface area (Å²) in [6.07, 6.45) is 0. The molecular formula is C28H24F3N3. The highest BCUT2D eigenvalue weighted by Crippen LogP contribution is 2.45. The lowest BCUT2D eigenvalue weighted by atomic mass is 9.72. The predicted molar refractivity (Wildman–Crippen MR) is 124 cm³/mol. The van der Waals surface area contributed by atoms with E-state index in [9.17, 15) is 14.0 Å². The molecule has 0 N–H and O–H groups in total. The number of hydrogen-bond acceptors (Lipinski definition) is 3. The van der Waals surface area contributed by atoms with Crippen molar-refractivity contribution in [2.24, 2.45) is 5.92 Å². The van der Waals surface area contributed by atoms with Gasteiger partial charge < -0.3 is 0 Å². The summed E-state index contributed by atoms with van der Waals surface area (Å²) in [4.78, 5) is 2.16. The molecular weight excluding hydrogens is 435 g/mol. The highest BCUT2D eigenvalue weighted by Gasteiger charge is 2.45. The average Bonchev–Trinajstić information content (AvgIpc) is 2.76. The van der Waals surface area contributed by atoms with E-state index in [1.54, 1.807) is 18.2 Å². The van der Waals surface area contributed by atoms with Gasteiger partial charge >= 0.3 is 0 Å². The number of nitrogens with zero attached hydrogens (tertiary/aromatic N) is 3. The molecule has 0 aliphatic carbocycles. The van der Waals surface area contributed by atoms with Crippen LogP contribution < -0.4 is 0 Å². The van der Waals surface area contributed by atoms with Gasteiger partial charge in [0, 0.05) is 25.1 Å². The molecule has 0 radical (unpaired) electrons. The molecule has 3 nitrogen and oxygen atoms in total. The summed E-state index contributed by atoms with van der Waals surface area (Å²) in [5.41, 5.74) is 1.57. The summed E-state index contributed by atoms with van der Waals surface area (Å²) >= 11 is 0. The lowest BCUT2D eigenvalue weighted by Crippen LogP contribution is -2.53. The van der Waals surface area contributed by atoms with Gasteiger partial charge in [-0.2, -0.15) is 10.5 Å². The van der Waals surface area contributed by atoms with E-state index in [0.29, 0.717) is 29.8 Å². The second-order valence-electron chi connectivity index (χ2n) is 9.33. The normalized spacial score (nSPS) is 16.2. The second-order valence-corrected chi connectivity index (χ2v) is 9.33. The fraction of sp³-hybridized carbons (Fsp3) is 0.286. The van der Waals surface area contributed by atoms with Crippen LogP contribution in [0, 0.1) is 40.2 Å². The first kappa shape index (κ1) is 23.5. The Kier molecular flexibility index (Phi) is 6.46. The summed E-state index contributed by atoms with van der Waals surface area (Å²) < 4.78 is 43.1. The zero-order valence-corrected chi connectivity index (χ0v) is 19.0. The Bertz CT molecular complexity index is 1240. The number of alkyl halides is 1. The Balaban J connectivity index is 1.66. The van der Waals surface area contributed by atoms with Gasteiger partial charge in [0.1, 0.15) is 17.3 Å². The van der Waals surface area contributed by atoms with Crippen LogP contribution in [-0.4, -0.2) is 23.7 Å². The minimum atomic E-state index is -1.68. The zero-order valence-electron chi connectivity index (χ0n) is 19.0. The molecule has 0 spiro atoms. The molecule has 2 atom stereocenters. The minimum Gasteiger partial charge on any atom is -0.292 e. The smallest absolute Gasteiger partial charge is 0.126 e. The highest BCUT2D eigenvalue weighted by molar-refractivity contribution is 5.41. The Morgan fingerprint density at radius 1 is 0.824 bits per heavy atom. The number of benzene rings is 3. The Morgan fingerprint density at radius 2 is 1.44 bits per heavy atom. The van der Waals surface area contributed by atoms with Gasteiger partial charge in [-0.05, 0) is 72.9 Å². The van der Waals surface area contributed by atoms with Crippen LogP contribution in [0.2, 0.25) is 0 Å². The van der Waals surface area contributed by atoms with E-state index in [4.69, 9.17) is 5.26 Å². The number of hydrogen-bond donors (Lipinski definition) is 0. The fourth-order valence-corrected chi connectivity index (χ4v) is 5.09. The molecule has 3 aromatic rings. The average molecular weight is 460 g/mol. The van der Waals surface area contributed by atoms with Gasteiger partial charge in [0.25, 0.3) is 0 Å². The number of likely N-dealkylation sites (tertiary alicyclic amines) is 1. The van der Waals surface area contributed by atoms with Crippen LogP contribution in [0.4, 0.5) is 13.2 Å². The third kappa shape index (κ3) is 4.83. The summed E-state index contributed by atoms with van der Waals surface area (Å²) in [7, 11) is 0. The standard InChI is InChI=1S/C28H24F3N3/c1-28(2,31)26(22-11-24(29)13-25(30)12-22)23-16-34(17-23)27(20-8-6-18(14-32)7-9-20)21-5-3-4-19(10-21)15-33/h3-13,23,26-27H,16-17H2,1-2H3. The molecule has 0 aromatic heterocycles. The lowest BCUT2D eigenvalue weighted by Gasteiger charge is -2.50. The van der Waals surface area contributed by atoms with Gasteiger partial charge in [0.15, 0.2) is 0 Å². The predicted octanol–water partition coefficient (Wildman–Crippen LogP) is 6.26. The van der Waals surface area contributed by atoms with Crippen molar-refractivity contribution in [2.45, 2.75) is 31.5 Å². The molecule has 1 aliphatic heterocycles. The highest BCUT2D eigenvalue weighted by atomic mass is 19.1. The molecule has 1 aliphatic rings. The van der Waals surface area contributed by atoms with Crippen LogP contribution in [0.1, 0.15) is 53.6 Å². The molecule has 6 heteroatoms. The molecule has 2 unspecified atom stereocenters. The number of nitriles is 2.